The number of hydrogen-bond donors (Lipinski definition) is 3. The van der Waals surface area contributed by atoms with Crippen LogP contribution in [-0.2, 0) is 0 Å². The third-order valence-electron chi connectivity index (χ3n) is 5.05. The van der Waals surface area contributed by atoms with Crippen molar-refractivity contribution in [2.24, 2.45) is 4.99 Å². The second-order valence-electron chi connectivity index (χ2n) is 7.15. The van der Waals surface area contributed by atoms with Gasteiger partial charge in [-0.3, -0.25) is 4.99 Å². The van der Waals surface area contributed by atoms with Crippen LogP contribution in [0.4, 0.5) is 14.5 Å². The van der Waals surface area contributed by atoms with Gasteiger partial charge in [-0.25, -0.2) is 8.78 Å². The number of guanidine groups is 1. The van der Waals surface area contributed by atoms with Crippen molar-refractivity contribution in [1.29, 1.82) is 0 Å². The lowest BCUT2D eigenvalue weighted by Gasteiger charge is -2.21. The van der Waals surface area contributed by atoms with Crippen molar-refractivity contribution in [2.75, 3.05) is 38.2 Å². The molecule has 0 aromatic heterocycles. The van der Waals surface area contributed by atoms with Gasteiger partial charge in [0.1, 0.15) is 23.1 Å². The number of para-hydroxylation sites is 1. The summed E-state index contributed by atoms with van der Waals surface area (Å²) in [7, 11) is 1.59. The highest BCUT2D eigenvalue weighted by Gasteiger charge is 2.27. The Labute approximate surface area is 198 Å². The predicted octanol–water partition coefficient (Wildman–Crippen LogP) is 3.46. The zero-order valence-corrected chi connectivity index (χ0v) is 20.0. The molecule has 0 amide bonds. The number of aliphatic hydroxyl groups is 1. The molecule has 1 saturated heterocycles. The first-order valence-corrected chi connectivity index (χ1v) is 10.1. The monoisotopic (exact) mass is 546 g/mol. The van der Waals surface area contributed by atoms with Crippen molar-refractivity contribution >= 4 is 35.6 Å². The highest BCUT2D eigenvalue weighted by Crippen LogP contribution is 2.26. The number of anilines is 1. The van der Waals surface area contributed by atoms with Gasteiger partial charge in [-0.15, -0.1) is 24.0 Å². The fourth-order valence-corrected chi connectivity index (χ4v) is 3.49. The number of aliphatic hydroxyl groups excluding tert-OH is 1. The molecule has 0 spiro atoms. The minimum absolute atomic E-state index is 0. The fourth-order valence-electron chi connectivity index (χ4n) is 3.49. The molecule has 0 aliphatic carbocycles. The van der Waals surface area contributed by atoms with Gasteiger partial charge in [-0.1, -0.05) is 18.2 Å². The fraction of sp³-hybridized carbons (Fsp3) is 0.409. The SMILES string of the molecule is CCNC(=NCC(O)c1ccc(OC)cc1)NC1CCN(c2c(F)cccc2F)C1.I. The standard InChI is InChI=1S/C22H28F2N4O2.HI/c1-3-25-22(26-13-20(29)15-7-9-17(30-2)10-8-15)27-16-11-12-28(14-16)21-18(23)5-4-6-19(21)24;/h4-10,16,20,29H,3,11-14H2,1-2H3,(H2,25,26,27);1H. The third kappa shape index (κ3) is 6.67. The summed E-state index contributed by atoms with van der Waals surface area (Å²) < 4.78 is 33.2. The Kier molecular flexibility index (Phi) is 9.76. The molecule has 2 aromatic rings. The minimum Gasteiger partial charge on any atom is -0.497 e. The third-order valence-corrected chi connectivity index (χ3v) is 5.05. The van der Waals surface area contributed by atoms with Crippen molar-refractivity contribution in [2.45, 2.75) is 25.5 Å². The molecule has 1 heterocycles. The molecular formula is C22H29F2IN4O2. The van der Waals surface area contributed by atoms with Crippen LogP contribution in [0, 0.1) is 11.6 Å². The van der Waals surface area contributed by atoms with Gasteiger partial charge in [0.05, 0.1) is 19.8 Å². The van der Waals surface area contributed by atoms with Gasteiger partial charge in [0.25, 0.3) is 0 Å². The Bertz CT molecular complexity index is 847. The number of methoxy groups -OCH3 is 1. The second kappa shape index (κ2) is 12.0. The number of ether oxygens (including phenoxy) is 1. The smallest absolute Gasteiger partial charge is 0.191 e. The van der Waals surface area contributed by atoms with E-state index in [4.69, 9.17) is 4.74 Å². The van der Waals surface area contributed by atoms with Crippen LogP contribution in [-0.4, -0.2) is 50.4 Å². The average molecular weight is 546 g/mol. The maximum atomic E-state index is 14.1. The molecule has 2 unspecified atom stereocenters. The highest BCUT2D eigenvalue weighted by molar-refractivity contribution is 14.0. The Hall–Kier alpha value is -2.14. The molecule has 6 nitrogen and oxygen atoms in total. The Morgan fingerprint density at radius 1 is 1.23 bits per heavy atom. The molecule has 2 atom stereocenters. The summed E-state index contributed by atoms with van der Waals surface area (Å²) in [5, 5.41) is 16.9. The summed E-state index contributed by atoms with van der Waals surface area (Å²) in [6, 6.07) is 11.1. The molecule has 1 aliphatic rings. The van der Waals surface area contributed by atoms with Gasteiger partial charge in [0.2, 0.25) is 0 Å². The van der Waals surface area contributed by atoms with E-state index in [0.717, 1.165) is 17.7 Å². The van der Waals surface area contributed by atoms with E-state index in [9.17, 15) is 13.9 Å². The van der Waals surface area contributed by atoms with Gasteiger partial charge in [0, 0.05) is 25.7 Å². The van der Waals surface area contributed by atoms with E-state index in [-0.39, 0.29) is 42.3 Å². The molecule has 1 fully saturated rings. The van der Waals surface area contributed by atoms with Gasteiger partial charge < -0.3 is 25.4 Å². The molecule has 3 N–H and O–H groups in total. The maximum Gasteiger partial charge on any atom is 0.191 e. The molecule has 9 heteroatoms. The van der Waals surface area contributed by atoms with Gasteiger partial charge in [-0.2, -0.15) is 0 Å². The predicted molar refractivity (Wildman–Crippen MR) is 129 cm³/mol. The van der Waals surface area contributed by atoms with Crippen LogP contribution < -0.4 is 20.3 Å². The number of nitrogens with zero attached hydrogens (tertiary/aromatic N) is 2. The quantitative estimate of drug-likeness (QED) is 0.282. The number of aliphatic imine (C=N–C) groups is 1. The maximum absolute atomic E-state index is 14.1. The number of rotatable bonds is 7. The molecule has 0 bridgehead atoms. The molecule has 0 saturated carbocycles. The van der Waals surface area contributed by atoms with Crippen molar-refractivity contribution < 1.29 is 18.6 Å². The number of benzene rings is 2. The van der Waals surface area contributed by atoms with Gasteiger partial charge in [-0.05, 0) is 43.2 Å². The van der Waals surface area contributed by atoms with Crippen molar-refractivity contribution in [1.82, 2.24) is 10.6 Å². The minimum atomic E-state index is -0.751. The highest BCUT2D eigenvalue weighted by atomic mass is 127. The van der Waals surface area contributed by atoms with Crippen LogP contribution in [0.15, 0.2) is 47.5 Å². The molecular weight excluding hydrogens is 517 g/mol. The first-order valence-electron chi connectivity index (χ1n) is 10.1. The Morgan fingerprint density at radius 3 is 2.52 bits per heavy atom. The lowest BCUT2D eigenvalue weighted by atomic mass is 10.1. The average Bonchev–Trinajstić information content (AvgIpc) is 3.20. The number of nitrogens with one attached hydrogen (secondary N) is 2. The van der Waals surface area contributed by atoms with E-state index >= 15 is 0 Å². The summed E-state index contributed by atoms with van der Waals surface area (Å²) >= 11 is 0. The largest absolute Gasteiger partial charge is 0.497 e. The Morgan fingerprint density at radius 2 is 1.90 bits per heavy atom. The van der Waals surface area contributed by atoms with Crippen LogP contribution in [0.2, 0.25) is 0 Å². The topological polar surface area (TPSA) is 69.1 Å². The van der Waals surface area contributed by atoms with Crippen molar-refractivity contribution in [3.63, 3.8) is 0 Å². The molecule has 1 aliphatic heterocycles. The van der Waals surface area contributed by atoms with Gasteiger partial charge in [0.15, 0.2) is 5.96 Å². The van der Waals surface area contributed by atoms with E-state index in [2.05, 4.69) is 15.6 Å². The van der Waals surface area contributed by atoms with E-state index in [0.29, 0.717) is 25.6 Å². The Balaban J connectivity index is 0.00000341. The first-order chi connectivity index (χ1) is 14.5. The summed E-state index contributed by atoms with van der Waals surface area (Å²) in [6.45, 7) is 3.79. The summed E-state index contributed by atoms with van der Waals surface area (Å²) in [6.07, 6.45) is -0.0295. The van der Waals surface area contributed by atoms with E-state index in [1.165, 1.54) is 18.2 Å². The van der Waals surface area contributed by atoms with Crippen molar-refractivity contribution in [3.05, 3.63) is 59.7 Å². The molecule has 31 heavy (non-hydrogen) atoms. The van der Waals surface area contributed by atoms with Crippen LogP contribution in [0.5, 0.6) is 5.75 Å². The first kappa shape index (κ1) is 25.1. The zero-order chi connectivity index (χ0) is 21.5. The number of hydrogen-bond acceptors (Lipinski definition) is 4. The molecule has 2 aromatic carbocycles. The summed E-state index contributed by atoms with van der Waals surface area (Å²) in [5.74, 6) is 0.171. The van der Waals surface area contributed by atoms with Crippen LogP contribution in [0.25, 0.3) is 0 Å². The molecule has 3 rings (SSSR count). The normalized spacial score (nSPS) is 17.1. The summed E-state index contributed by atoms with van der Waals surface area (Å²) in [4.78, 5) is 6.18. The van der Waals surface area contributed by atoms with E-state index < -0.39 is 17.7 Å². The van der Waals surface area contributed by atoms with Crippen molar-refractivity contribution in [3.8, 4) is 5.75 Å². The van der Waals surface area contributed by atoms with Crippen LogP contribution in [0.3, 0.4) is 0 Å². The zero-order valence-electron chi connectivity index (χ0n) is 17.6. The number of halogens is 3. The summed E-state index contributed by atoms with van der Waals surface area (Å²) in [5.41, 5.74) is 0.760. The van der Waals surface area contributed by atoms with Gasteiger partial charge >= 0.3 is 0 Å². The second-order valence-corrected chi connectivity index (χ2v) is 7.15. The molecule has 170 valence electrons. The van der Waals surface area contributed by atoms with Crippen LogP contribution in [0.1, 0.15) is 25.0 Å². The lowest BCUT2D eigenvalue weighted by Crippen LogP contribution is -2.45. The van der Waals surface area contributed by atoms with E-state index in [1.807, 2.05) is 6.92 Å². The lowest BCUT2D eigenvalue weighted by molar-refractivity contribution is 0.187. The molecule has 0 radical (unpaired) electrons. The van der Waals surface area contributed by atoms with E-state index in [1.54, 1.807) is 36.3 Å². The van der Waals surface area contributed by atoms with Crippen LogP contribution >= 0.6 is 24.0 Å².